The number of rotatable bonds is 2. The van der Waals surface area contributed by atoms with Gasteiger partial charge in [0.2, 0.25) is 5.91 Å². The van der Waals surface area contributed by atoms with Crippen molar-refractivity contribution in [3.8, 4) is 0 Å². The van der Waals surface area contributed by atoms with Crippen LogP contribution in [0.4, 0.5) is 5.69 Å². The average molecular weight is 277 g/mol. The van der Waals surface area contributed by atoms with Gasteiger partial charge in [0.15, 0.2) is 0 Å². The molecule has 0 saturated carbocycles. The summed E-state index contributed by atoms with van der Waals surface area (Å²) in [5.74, 6) is 0.114. The number of anilines is 1. The molecule has 0 fully saturated rings. The van der Waals surface area contributed by atoms with Crippen molar-refractivity contribution < 1.29 is 4.79 Å². The van der Waals surface area contributed by atoms with Crippen molar-refractivity contribution in [1.29, 1.82) is 0 Å². The molecular weight excluding hydrogens is 262 g/mol. The number of fused-ring (bicyclic) bond motifs is 2. The maximum atomic E-state index is 12.5. The summed E-state index contributed by atoms with van der Waals surface area (Å²) in [4.78, 5) is 18.9. The lowest BCUT2D eigenvalue weighted by Gasteiger charge is -2.16. The van der Waals surface area contributed by atoms with Crippen LogP contribution in [-0.4, -0.2) is 21.8 Å². The minimum absolute atomic E-state index is 0.114. The van der Waals surface area contributed by atoms with Gasteiger partial charge in [-0.1, -0.05) is 24.3 Å². The van der Waals surface area contributed by atoms with E-state index < -0.39 is 0 Å². The summed E-state index contributed by atoms with van der Waals surface area (Å²) in [6, 6.07) is 14.0. The summed E-state index contributed by atoms with van der Waals surface area (Å²) >= 11 is 0. The van der Waals surface area contributed by atoms with E-state index in [1.807, 2.05) is 58.1 Å². The maximum Gasteiger partial charge on any atom is 0.233 e. The van der Waals surface area contributed by atoms with Crippen LogP contribution in [0.25, 0.3) is 5.65 Å². The van der Waals surface area contributed by atoms with Gasteiger partial charge < -0.3 is 9.30 Å². The zero-order valence-electron chi connectivity index (χ0n) is 11.6. The van der Waals surface area contributed by atoms with E-state index in [0.29, 0.717) is 6.42 Å². The predicted molar refractivity (Wildman–Crippen MR) is 81.4 cm³/mol. The fourth-order valence-electron chi connectivity index (χ4n) is 2.92. The molecule has 4 nitrogen and oxygen atoms in total. The number of pyridine rings is 1. The Morgan fingerprint density at radius 2 is 2.00 bits per heavy atom. The highest BCUT2D eigenvalue weighted by Crippen LogP contribution is 2.27. The minimum atomic E-state index is 0.114. The molecule has 4 heteroatoms. The number of hydrogen-bond acceptors (Lipinski definition) is 2. The molecule has 1 aromatic carbocycles. The molecule has 2 aromatic heterocycles. The third kappa shape index (κ3) is 2.09. The van der Waals surface area contributed by atoms with Crippen LogP contribution in [0.2, 0.25) is 0 Å². The first-order chi connectivity index (χ1) is 10.3. The fourth-order valence-corrected chi connectivity index (χ4v) is 2.92. The lowest BCUT2D eigenvalue weighted by molar-refractivity contribution is -0.117. The molecule has 1 aliphatic heterocycles. The lowest BCUT2D eigenvalue weighted by atomic mass is 10.2. The zero-order chi connectivity index (χ0) is 14.2. The summed E-state index contributed by atoms with van der Waals surface area (Å²) < 4.78 is 1.94. The van der Waals surface area contributed by atoms with Gasteiger partial charge in [0.25, 0.3) is 0 Å². The Labute approximate surface area is 122 Å². The van der Waals surface area contributed by atoms with Crippen LogP contribution >= 0.6 is 0 Å². The SMILES string of the molecule is O=C(Cc1cn2ccccc2n1)N1CCc2ccccc21. The highest BCUT2D eigenvalue weighted by molar-refractivity contribution is 5.96. The van der Waals surface area contributed by atoms with Crippen LogP contribution in [0, 0.1) is 0 Å². The van der Waals surface area contributed by atoms with E-state index in [1.54, 1.807) is 0 Å². The van der Waals surface area contributed by atoms with Crippen LogP contribution in [0.1, 0.15) is 11.3 Å². The molecule has 21 heavy (non-hydrogen) atoms. The van der Waals surface area contributed by atoms with Crippen molar-refractivity contribution in [2.24, 2.45) is 0 Å². The predicted octanol–water partition coefficient (Wildman–Crippen LogP) is 2.47. The molecule has 0 N–H and O–H groups in total. The van der Waals surface area contributed by atoms with Gasteiger partial charge in [-0.2, -0.15) is 0 Å². The molecule has 0 aliphatic carbocycles. The Hall–Kier alpha value is -2.62. The lowest BCUT2D eigenvalue weighted by Crippen LogP contribution is -2.30. The van der Waals surface area contributed by atoms with Gasteiger partial charge in [0.05, 0.1) is 12.1 Å². The first kappa shape index (κ1) is 12.1. The molecule has 0 radical (unpaired) electrons. The minimum Gasteiger partial charge on any atom is -0.311 e. The van der Waals surface area contributed by atoms with Crippen LogP contribution in [-0.2, 0) is 17.6 Å². The van der Waals surface area contributed by atoms with E-state index in [4.69, 9.17) is 0 Å². The molecule has 0 bridgehead atoms. The Kier molecular flexibility index (Phi) is 2.74. The largest absolute Gasteiger partial charge is 0.311 e. The Balaban J connectivity index is 1.59. The van der Waals surface area contributed by atoms with Gasteiger partial charge in [0.1, 0.15) is 5.65 Å². The molecule has 104 valence electrons. The van der Waals surface area contributed by atoms with Crippen molar-refractivity contribution in [3.63, 3.8) is 0 Å². The van der Waals surface area contributed by atoms with E-state index in [2.05, 4.69) is 11.1 Å². The Bertz CT molecular complexity index is 789. The van der Waals surface area contributed by atoms with Gasteiger partial charge >= 0.3 is 0 Å². The number of nitrogens with zero attached hydrogens (tertiary/aromatic N) is 3. The topological polar surface area (TPSA) is 37.6 Å². The summed E-state index contributed by atoms with van der Waals surface area (Å²) in [7, 11) is 0. The number of imidazole rings is 1. The second-order valence-electron chi connectivity index (χ2n) is 5.30. The first-order valence-electron chi connectivity index (χ1n) is 7.12. The smallest absolute Gasteiger partial charge is 0.233 e. The summed E-state index contributed by atoms with van der Waals surface area (Å²) in [5, 5.41) is 0. The molecular formula is C17H15N3O. The van der Waals surface area contributed by atoms with E-state index in [-0.39, 0.29) is 5.91 Å². The fraction of sp³-hybridized carbons (Fsp3) is 0.176. The molecule has 0 saturated heterocycles. The Morgan fingerprint density at radius 3 is 2.90 bits per heavy atom. The summed E-state index contributed by atoms with van der Waals surface area (Å²) in [5.41, 5.74) is 3.99. The zero-order valence-corrected chi connectivity index (χ0v) is 11.6. The number of para-hydroxylation sites is 1. The number of aromatic nitrogens is 2. The van der Waals surface area contributed by atoms with E-state index >= 15 is 0 Å². The summed E-state index contributed by atoms with van der Waals surface area (Å²) in [6.45, 7) is 0.769. The molecule has 3 aromatic rings. The highest BCUT2D eigenvalue weighted by Gasteiger charge is 2.24. The average Bonchev–Trinajstić information content (AvgIpc) is 3.10. The molecule has 0 spiro atoms. The number of hydrogen-bond donors (Lipinski definition) is 0. The summed E-state index contributed by atoms with van der Waals surface area (Å²) in [6.07, 6.45) is 5.15. The van der Waals surface area contributed by atoms with Crippen LogP contribution in [0.15, 0.2) is 54.9 Å². The van der Waals surface area contributed by atoms with Gasteiger partial charge in [-0.3, -0.25) is 4.79 Å². The molecule has 1 amide bonds. The molecule has 3 heterocycles. The van der Waals surface area contributed by atoms with Crippen molar-refractivity contribution in [2.45, 2.75) is 12.8 Å². The van der Waals surface area contributed by atoms with Gasteiger partial charge in [-0.25, -0.2) is 4.98 Å². The number of amides is 1. The number of carbonyl (C=O) groups excluding carboxylic acids is 1. The second kappa shape index (κ2) is 4.74. The quantitative estimate of drug-likeness (QED) is 0.721. The van der Waals surface area contributed by atoms with E-state index in [9.17, 15) is 4.79 Å². The molecule has 4 rings (SSSR count). The molecule has 0 atom stereocenters. The van der Waals surface area contributed by atoms with Gasteiger partial charge in [0, 0.05) is 24.6 Å². The standard InChI is InChI=1S/C17H15N3O/c21-17(20-10-8-13-5-1-2-6-15(13)20)11-14-12-19-9-4-3-7-16(19)18-14/h1-7,9,12H,8,10-11H2. The number of carbonyl (C=O) groups is 1. The number of benzene rings is 1. The Morgan fingerprint density at radius 1 is 1.14 bits per heavy atom. The normalized spacial score (nSPS) is 13.6. The monoisotopic (exact) mass is 277 g/mol. The van der Waals surface area contributed by atoms with Gasteiger partial charge in [-0.15, -0.1) is 0 Å². The molecule has 1 aliphatic rings. The van der Waals surface area contributed by atoms with Crippen LogP contribution in [0.3, 0.4) is 0 Å². The van der Waals surface area contributed by atoms with Crippen molar-refractivity contribution in [3.05, 3.63) is 66.1 Å². The maximum absolute atomic E-state index is 12.5. The van der Waals surface area contributed by atoms with Gasteiger partial charge in [-0.05, 0) is 30.2 Å². The third-order valence-corrected chi connectivity index (χ3v) is 3.93. The van der Waals surface area contributed by atoms with E-state index in [1.165, 1.54) is 5.56 Å². The first-order valence-corrected chi connectivity index (χ1v) is 7.12. The molecule has 0 unspecified atom stereocenters. The van der Waals surface area contributed by atoms with Crippen molar-refractivity contribution in [1.82, 2.24) is 9.38 Å². The highest BCUT2D eigenvalue weighted by atomic mass is 16.2. The van der Waals surface area contributed by atoms with Crippen molar-refractivity contribution in [2.75, 3.05) is 11.4 Å². The third-order valence-electron chi connectivity index (χ3n) is 3.93. The second-order valence-corrected chi connectivity index (χ2v) is 5.30. The van der Waals surface area contributed by atoms with Crippen LogP contribution in [0.5, 0.6) is 0 Å². The van der Waals surface area contributed by atoms with Crippen molar-refractivity contribution >= 4 is 17.2 Å². The van der Waals surface area contributed by atoms with Crippen LogP contribution < -0.4 is 4.90 Å². The van der Waals surface area contributed by atoms with E-state index in [0.717, 1.165) is 30.0 Å².